The van der Waals surface area contributed by atoms with Crippen LogP contribution in [-0.4, -0.2) is 62.1 Å². The van der Waals surface area contributed by atoms with Gasteiger partial charge in [-0.05, 0) is 30.7 Å². The maximum Gasteiger partial charge on any atom is 0.338 e. The van der Waals surface area contributed by atoms with Crippen molar-refractivity contribution in [2.24, 2.45) is 0 Å². The van der Waals surface area contributed by atoms with Gasteiger partial charge in [0.2, 0.25) is 0 Å². The summed E-state index contributed by atoms with van der Waals surface area (Å²) in [7, 11) is 4.41. The molecule has 7 heteroatoms. The van der Waals surface area contributed by atoms with Gasteiger partial charge in [0, 0.05) is 20.6 Å². The van der Waals surface area contributed by atoms with Crippen LogP contribution in [0.2, 0.25) is 0 Å². The van der Waals surface area contributed by atoms with E-state index in [4.69, 9.17) is 18.9 Å². The zero-order valence-electron chi connectivity index (χ0n) is 14.5. The van der Waals surface area contributed by atoms with Gasteiger partial charge in [-0.15, -0.1) is 0 Å². The summed E-state index contributed by atoms with van der Waals surface area (Å²) >= 11 is 0. The molecule has 1 rings (SSSR count). The van der Waals surface area contributed by atoms with Crippen LogP contribution in [0.25, 0.3) is 0 Å². The minimum Gasteiger partial charge on any atom is -0.497 e. The smallest absolute Gasteiger partial charge is 0.338 e. The second kappa shape index (κ2) is 9.58. The number of methoxy groups -OCH3 is 3. The minimum absolute atomic E-state index is 0.0530. The summed E-state index contributed by atoms with van der Waals surface area (Å²) in [5.41, 5.74) is -1.26. The van der Waals surface area contributed by atoms with E-state index >= 15 is 0 Å². The van der Waals surface area contributed by atoms with Crippen LogP contribution in [-0.2, 0) is 14.2 Å². The first-order valence-electron chi connectivity index (χ1n) is 7.67. The van der Waals surface area contributed by atoms with E-state index in [1.54, 1.807) is 31.2 Å². The van der Waals surface area contributed by atoms with Gasteiger partial charge in [-0.25, -0.2) is 4.79 Å². The van der Waals surface area contributed by atoms with Crippen LogP contribution >= 0.6 is 0 Å². The number of ether oxygens (including phenoxy) is 4. The van der Waals surface area contributed by atoms with E-state index < -0.39 is 24.0 Å². The second-order valence-electron chi connectivity index (χ2n) is 5.41. The van der Waals surface area contributed by atoms with E-state index in [0.717, 1.165) is 0 Å². The van der Waals surface area contributed by atoms with Crippen molar-refractivity contribution in [3.8, 4) is 5.75 Å². The largest absolute Gasteiger partial charge is 0.497 e. The second-order valence-corrected chi connectivity index (χ2v) is 5.41. The fraction of sp³-hybridized carbons (Fsp3) is 0.588. The van der Waals surface area contributed by atoms with Crippen molar-refractivity contribution < 1.29 is 34.0 Å². The predicted molar refractivity (Wildman–Crippen MR) is 86.9 cm³/mol. The van der Waals surface area contributed by atoms with Crippen molar-refractivity contribution >= 4 is 5.97 Å². The van der Waals surface area contributed by atoms with Gasteiger partial charge >= 0.3 is 5.97 Å². The van der Waals surface area contributed by atoms with Gasteiger partial charge in [0.1, 0.15) is 18.0 Å². The van der Waals surface area contributed by atoms with Gasteiger partial charge in [-0.1, -0.05) is 6.92 Å². The topological polar surface area (TPSA) is 94.5 Å². The van der Waals surface area contributed by atoms with Crippen LogP contribution in [0.15, 0.2) is 24.3 Å². The molecule has 0 aliphatic carbocycles. The van der Waals surface area contributed by atoms with Crippen molar-refractivity contribution in [1.82, 2.24) is 0 Å². The lowest BCUT2D eigenvalue weighted by molar-refractivity contribution is -0.166. The highest BCUT2D eigenvalue weighted by Crippen LogP contribution is 2.22. The van der Waals surface area contributed by atoms with Crippen molar-refractivity contribution in [1.29, 1.82) is 0 Å². The van der Waals surface area contributed by atoms with Gasteiger partial charge in [-0.2, -0.15) is 0 Å². The Morgan fingerprint density at radius 2 is 1.75 bits per heavy atom. The molecule has 1 aromatic rings. The first kappa shape index (κ1) is 20.4. The number of esters is 1. The lowest BCUT2D eigenvalue weighted by atomic mass is 9.92. The molecule has 0 spiro atoms. The Hall–Kier alpha value is -1.67. The summed E-state index contributed by atoms with van der Waals surface area (Å²) in [6.45, 7) is 1.36. The third kappa shape index (κ3) is 5.45. The van der Waals surface area contributed by atoms with E-state index in [2.05, 4.69) is 0 Å². The van der Waals surface area contributed by atoms with E-state index in [-0.39, 0.29) is 19.4 Å². The lowest BCUT2D eigenvalue weighted by Gasteiger charge is -2.32. The fourth-order valence-electron chi connectivity index (χ4n) is 2.13. The molecule has 0 unspecified atom stereocenters. The van der Waals surface area contributed by atoms with Gasteiger partial charge < -0.3 is 29.2 Å². The highest BCUT2D eigenvalue weighted by Gasteiger charge is 2.37. The number of carbonyl (C=O) groups is 1. The quantitative estimate of drug-likeness (QED) is 0.490. The zero-order valence-corrected chi connectivity index (χ0v) is 14.5. The molecule has 0 heterocycles. The number of aliphatic hydroxyl groups is 2. The van der Waals surface area contributed by atoms with Crippen molar-refractivity contribution in [3.05, 3.63) is 29.8 Å². The molecular formula is C17H26O7. The van der Waals surface area contributed by atoms with Crippen molar-refractivity contribution in [3.63, 3.8) is 0 Å². The normalized spacial score (nSPS) is 15.0. The van der Waals surface area contributed by atoms with E-state index in [9.17, 15) is 15.0 Å². The van der Waals surface area contributed by atoms with E-state index in [1.807, 2.05) is 0 Å². The summed E-state index contributed by atoms with van der Waals surface area (Å²) in [5.74, 6) is 0.0315. The average Bonchev–Trinajstić information content (AvgIpc) is 2.63. The Bertz CT molecular complexity index is 498. The van der Waals surface area contributed by atoms with Crippen LogP contribution in [0, 0.1) is 0 Å². The van der Waals surface area contributed by atoms with E-state index in [0.29, 0.717) is 11.3 Å². The Balaban J connectivity index is 2.67. The minimum atomic E-state index is -1.59. The summed E-state index contributed by atoms with van der Waals surface area (Å²) in [6, 6.07) is 6.40. The number of aliphatic hydroxyl groups excluding tert-OH is 1. The van der Waals surface area contributed by atoms with Gasteiger partial charge in [0.25, 0.3) is 0 Å². The maximum absolute atomic E-state index is 12.1. The fourth-order valence-corrected chi connectivity index (χ4v) is 2.13. The van der Waals surface area contributed by atoms with Crippen LogP contribution in [0.1, 0.15) is 30.1 Å². The predicted octanol–water partition coefficient (Wildman–Crippen LogP) is 1.36. The maximum atomic E-state index is 12.1. The Morgan fingerprint density at radius 1 is 1.17 bits per heavy atom. The molecule has 0 aliphatic heterocycles. The average molecular weight is 342 g/mol. The van der Waals surface area contributed by atoms with Gasteiger partial charge in [0.05, 0.1) is 18.8 Å². The highest BCUT2D eigenvalue weighted by molar-refractivity contribution is 5.89. The molecule has 1 aromatic carbocycles. The Kier molecular flexibility index (Phi) is 8.14. The van der Waals surface area contributed by atoms with Crippen molar-refractivity contribution in [2.75, 3.05) is 27.9 Å². The number of hydrogen-bond acceptors (Lipinski definition) is 7. The zero-order chi connectivity index (χ0) is 18.2. The number of carbonyl (C=O) groups excluding carboxylic acids is 1. The van der Waals surface area contributed by atoms with E-state index in [1.165, 1.54) is 21.3 Å². The molecule has 7 nitrogen and oxygen atoms in total. The van der Waals surface area contributed by atoms with Crippen LogP contribution in [0.5, 0.6) is 5.75 Å². The van der Waals surface area contributed by atoms with Crippen molar-refractivity contribution in [2.45, 2.75) is 37.8 Å². The monoisotopic (exact) mass is 342 g/mol. The van der Waals surface area contributed by atoms with Gasteiger partial charge in [0.15, 0.2) is 6.29 Å². The Morgan fingerprint density at radius 3 is 2.21 bits per heavy atom. The Labute approximate surface area is 142 Å². The first-order valence-corrected chi connectivity index (χ1v) is 7.67. The molecule has 0 aromatic heterocycles. The molecule has 0 saturated carbocycles. The summed E-state index contributed by atoms with van der Waals surface area (Å²) < 4.78 is 20.2. The number of rotatable bonds is 10. The highest BCUT2D eigenvalue weighted by atomic mass is 16.7. The molecule has 0 saturated heterocycles. The molecule has 0 radical (unpaired) electrons. The number of hydrogen-bond donors (Lipinski definition) is 2. The standard InChI is InChI=1S/C17H26O7/c1-5-17(20,14(18)10-15(22-3)23-4)11-24-16(19)12-6-8-13(21-2)9-7-12/h6-9,14-15,18,20H,5,10-11H2,1-4H3/t14-,17-/m0/s1. The lowest BCUT2D eigenvalue weighted by Crippen LogP contribution is -2.48. The molecule has 2 N–H and O–H groups in total. The first-order chi connectivity index (χ1) is 11.4. The molecule has 136 valence electrons. The molecule has 0 fully saturated rings. The summed E-state index contributed by atoms with van der Waals surface area (Å²) in [5, 5.41) is 20.8. The molecular weight excluding hydrogens is 316 g/mol. The molecule has 0 amide bonds. The van der Waals surface area contributed by atoms with Crippen LogP contribution in [0.3, 0.4) is 0 Å². The van der Waals surface area contributed by atoms with Crippen LogP contribution in [0.4, 0.5) is 0 Å². The van der Waals surface area contributed by atoms with Crippen LogP contribution < -0.4 is 4.74 Å². The third-order valence-corrected chi connectivity index (χ3v) is 3.95. The molecule has 2 atom stereocenters. The molecule has 0 aliphatic rings. The SMILES string of the molecule is CC[C@](O)(COC(=O)c1ccc(OC)cc1)[C@@H](O)CC(OC)OC. The molecule has 0 bridgehead atoms. The molecule has 24 heavy (non-hydrogen) atoms. The summed E-state index contributed by atoms with van der Waals surface area (Å²) in [4.78, 5) is 12.1. The third-order valence-electron chi connectivity index (χ3n) is 3.95. The summed E-state index contributed by atoms with van der Waals surface area (Å²) in [6.07, 6.45) is -1.58. The van der Waals surface area contributed by atoms with Gasteiger partial charge in [-0.3, -0.25) is 0 Å². The number of benzene rings is 1.